The number of hydrogen-bond acceptors (Lipinski definition) is 6. The van der Waals surface area contributed by atoms with Gasteiger partial charge in [-0.3, -0.25) is 15.6 Å². The van der Waals surface area contributed by atoms with E-state index in [0.717, 1.165) is 0 Å². The van der Waals surface area contributed by atoms with E-state index >= 15 is 0 Å². The Morgan fingerprint density at radius 2 is 1.70 bits per heavy atom. The van der Waals surface area contributed by atoms with Crippen molar-refractivity contribution < 1.29 is 4.79 Å². The summed E-state index contributed by atoms with van der Waals surface area (Å²) >= 11 is 17.8. The molecule has 0 aliphatic carbocycles. The fraction of sp³-hybridized carbons (Fsp3) is 0. The molecule has 0 atom stereocenters. The van der Waals surface area contributed by atoms with Crippen LogP contribution >= 0.6 is 34.8 Å². The molecule has 138 valence electrons. The van der Waals surface area contributed by atoms with Crippen LogP contribution in [0.25, 0.3) is 0 Å². The van der Waals surface area contributed by atoms with Crippen LogP contribution < -0.4 is 21.9 Å². The molecule has 7 nitrogen and oxygen atoms in total. The molecule has 0 bridgehead atoms. The van der Waals surface area contributed by atoms with E-state index in [1.165, 1.54) is 18.5 Å². The Labute approximate surface area is 169 Å². The lowest BCUT2D eigenvalue weighted by Crippen LogP contribution is -2.30. The van der Waals surface area contributed by atoms with E-state index in [-0.39, 0.29) is 22.1 Å². The average molecular weight is 424 g/mol. The number of halogens is 3. The quantitative estimate of drug-likeness (QED) is 0.450. The number of rotatable bonds is 5. The van der Waals surface area contributed by atoms with Crippen LogP contribution in [-0.4, -0.2) is 15.9 Å². The highest BCUT2D eigenvalue weighted by atomic mass is 35.5. The number of nitrogens with one attached hydrogen (secondary N) is 3. The van der Waals surface area contributed by atoms with Crippen molar-refractivity contribution in [1.29, 1.82) is 0 Å². The fourth-order valence-electron chi connectivity index (χ4n) is 2.15. The maximum atomic E-state index is 12.3. The summed E-state index contributed by atoms with van der Waals surface area (Å²) in [5.41, 5.74) is 12.4. The van der Waals surface area contributed by atoms with Crippen molar-refractivity contribution in [3.63, 3.8) is 0 Å². The van der Waals surface area contributed by atoms with E-state index in [1.54, 1.807) is 24.3 Å². The van der Waals surface area contributed by atoms with Crippen LogP contribution in [0.1, 0.15) is 10.4 Å². The van der Waals surface area contributed by atoms with Gasteiger partial charge in [-0.2, -0.15) is 0 Å². The Morgan fingerprint density at radius 3 is 2.44 bits per heavy atom. The van der Waals surface area contributed by atoms with E-state index in [4.69, 9.17) is 40.5 Å². The first-order valence-electron chi connectivity index (χ1n) is 7.58. The van der Waals surface area contributed by atoms with Gasteiger partial charge in [0.1, 0.15) is 12.0 Å². The van der Waals surface area contributed by atoms with Gasteiger partial charge in [0.25, 0.3) is 5.91 Å². The van der Waals surface area contributed by atoms with Gasteiger partial charge in [0.15, 0.2) is 11.6 Å². The number of carbonyl (C=O) groups excluding carboxylic acids is 1. The molecular formula is C17H13Cl3N6O. The highest BCUT2D eigenvalue weighted by molar-refractivity contribution is 6.36. The molecule has 0 radical (unpaired) electrons. The molecule has 3 rings (SSSR count). The van der Waals surface area contributed by atoms with Gasteiger partial charge in [-0.1, -0.05) is 40.9 Å². The Morgan fingerprint density at radius 1 is 0.963 bits per heavy atom. The largest absolute Gasteiger partial charge is 0.393 e. The summed E-state index contributed by atoms with van der Waals surface area (Å²) in [6.45, 7) is 0. The maximum absolute atomic E-state index is 12.3. The Kier molecular flexibility index (Phi) is 5.85. The Hall–Kier alpha value is -2.74. The summed E-state index contributed by atoms with van der Waals surface area (Å²) in [6.07, 6.45) is 1.30. The van der Waals surface area contributed by atoms with Gasteiger partial charge in [-0.05, 0) is 36.4 Å². The van der Waals surface area contributed by atoms with Gasteiger partial charge in [0, 0.05) is 15.7 Å². The van der Waals surface area contributed by atoms with Gasteiger partial charge in [0.2, 0.25) is 0 Å². The monoisotopic (exact) mass is 422 g/mol. The van der Waals surface area contributed by atoms with Crippen molar-refractivity contribution in [3.05, 3.63) is 69.4 Å². The van der Waals surface area contributed by atoms with Gasteiger partial charge >= 0.3 is 0 Å². The van der Waals surface area contributed by atoms with Crippen LogP contribution in [0, 0.1) is 0 Å². The molecule has 1 amide bonds. The minimum atomic E-state index is -0.473. The highest BCUT2D eigenvalue weighted by Gasteiger charge is 2.13. The number of nitrogens with zero attached hydrogens (tertiary/aromatic N) is 2. The third-order valence-corrected chi connectivity index (χ3v) is 4.22. The van der Waals surface area contributed by atoms with Crippen molar-refractivity contribution in [1.82, 2.24) is 15.4 Å². The van der Waals surface area contributed by atoms with Crippen LogP contribution in [0.3, 0.4) is 0 Å². The van der Waals surface area contributed by atoms with Crippen molar-refractivity contribution in [3.8, 4) is 0 Å². The number of carbonyl (C=O) groups is 1. The molecule has 1 aromatic heterocycles. The molecule has 0 spiro atoms. The molecule has 0 aliphatic rings. The lowest BCUT2D eigenvalue weighted by atomic mass is 10.2. The summed E-state index contributed by atoms with van der Waals surface area (Å²) in [7, 11) is 0. The molecule has 0 unspecified atom stereocenters. The van der Waals surface area contributed by atoms with Gasteiger partial charge < -0.3 is 11.1 Å². The van der Waals surface area contributed by atoms with Crippen LogP contribution in [0.4, 0.5) is 23.0 Å². The Balaban J connectivity index is 1.73. The van der Waals surface area contributed by atoms with E-state index in [1.807, 2.05) is 6.07 Å². The molecule has 1 heterocycles. The molecule has 5 N–H and O–H groups in total. The maximum Gasteiger partial charge on any atom is 0.271 e. The first-order chi connectivity index (χ1) is 12.9. The number of aromatic nitrogens is 2. The van der Waals surface area contributed by atoms with Crippen molar-refractivity contribution >= 4 is 63.7 Å². The van der Waals surface area contributed by atoms with Crippen molar-refractivity contribution in [2.45, 2.75) is 0 Å². The SMILES string of the molecule is Nc1c(NNC(=O)c2ccc(Cl)cc2Cl)ncnc1Nc1cccc(Cl)c1. The molecule has 0 saturated carbocycles. The summed E-state index contributed by atoms with van der Waals surface area (Å²) < 4.78 is 0. The second kappa shape index (κ2) is 8.30. The minimum Gasteiger partial charge on any atom is -0.393 e. The predicted octanol–water partition coefficient (Wildman–Crippen LogP) is 4.52. The van der Waals surface area contributed by atoms with Crippen LogP contribution in [-0.2, 0) is 0 Å². The zero-order valence-corrected chi connectivity index (χ0v) is 15.9. The summed E-state index contributed by atoms with van der Waals surface area (Å²) in [5, 5.41) is 4.26. The van der Waals surface area contributed by atoms with Gasteiger partial charge in [-0.15, -0.1) is 0 Å². The smallest absolute Gasteiger partial charge is 0.271 e. The standard InChI is InChI=1S/C17H13Cl3N6O/c18-9-2-1-3-11(6-9)24-15-14(21)16(23-8-22-15)25-26-17(27)12-5-4-10(19)7-13(12)20/h1-8H,21H2,(H,26,27)(H2,22,23,24,25). The molecule has 10 heteroatoms. The number of amides is 1. The third kappa shape index (κ3) is 4.71. The topological polar surface area (TPSA) is 105 Å². The summed E-state index contributed by atoms with van der Waals surface area (Å²) in [6, 6.07) is 11.6. The lowest BCUT2D eigenvalue weighted by molar-refractivity contribution is 0.0962. The molecular weight excluding hydrogens is 411 g/mol. The Bertz CT molecular complexity index is 998. The molecule has 0 saturated heterocycles. The van der Waals surface area contributed by atoms with Gasteiger partial charge in [0.05, 0.1) is 10.6 Å². The minimum absolute atomic E-state index is 0.208. The van der Waals surface area contributed by atoms with E-state index in [0.29, 0.717) is 21.6 Å². The molecule has 27 heavy (non-hydrogen) atoms. The second-order valence-corrected chi connectivity index (χ2v) is 6.60. The van der Waals surface area contributed by atoms with Crippen molar-refractivity contribution in [2.24, 2.45) is 0 Å². The number of hydrogen-bond donors (Lipinski definition) is 4. The number of nitrogens with two attached hydrogens (primary N) is 1. The number of nitrogen functional groups attached to an aromatic ring is 1. The number of hydrazine groups is 1. The normalized spacial score (nSPS) is 10.3. The highest BCUT2D eigenvalue weighted by Crippen LogP contribution is 2.26. The number of benzene rings is 2. The lowest BCUT2D eigenvalue weighted by Gasteiger charge is -2.13. The zero-order chi connectivity index (χ0) is 19.4. The van der Waals surface area contributed by atoms with E-state index in [9.17, 15) is 4.79 Å². The summed E-state index contributed by atoms with van der Waals surface area (Å²) in [5.74, 6) is 0.0977. The first kappa shape index (κ1) is 19.0. The molecule has 3 aromatic rings. The molecule has 2 aromatic carbocycles. The summed E-state index contributed by atoms with van der Waals surface area (Å²) in [4.78, 5) is 20.4. The zero-order valence-electron chi connectivity index (χ0n) is 13.6. The molecule has 0 fully saturated rings. The van der Waals surface area contributed by atoms with Crippen molar-refractivity contribution in [2.75, 3.05) is 16.5 Å². The van der Waals surface area contributed by atoms with E-state index < -0.39 is 5.91 Å². The predicted molar refractivity (Wildman–Crippen MR) is 109 cm³/mol. The average Bonchev–Trinajstić information content (AvgIpc) is 2.62. The van der Waals surface area contributed by atoms with Crippen LogP contribution in [0.2, 0.25) is 15.1 Å². The third-order valence-electron chi connectivity index (χ3n) is 3.44. The fourth-order valence-corrected chi connectivity index (χ4v) is 2.84. The second-order valence-electron chi connectivity index (χ2n) is 5.32. The van der Waals surface area contributed by atoms with Gasteiger partial charge in [-0.25, -0.2) is 9.97 Å². The first-order valence-corrected chi connectivity index (χ1v) is 8.72. The van der Waals surface area contributed by atoms with Crippen LogP contribution in [0.5, 0.6) is 0 Å². The van der Waals surface area contributed by atoms with Crippen LogP contribution in [0.15, 0.2) is 48.8 Å². The number of anilines is 4. The molecule has 0 aliphatic heterocycles. The van der Waals surface area contributed by atoms with E-state index in [2.05, 4.69) is 26.1 Å².